The zero-order chi connectivity index (χ0) is 22.6. The van der Waals surface area contributed by atoms with E-state index in [1.165, 1.54) is 24.3 Å². The zero-order valence-electron chi connectivity index (χ0n) is 17.1. The Kier molecular flexibility index (Phi) is 4.92. The largest absolute Gasteiger partial charge is 0.371 e. The monoisotopic (exact) mass is 461 g/mol. The highest BCUT2D eigenvalue weighted by Gasteiger charge is 2.48. The predicted molar refractivity (Wildman–Crippen MR) is 112 cm³/mol. The second-order valence-corrected chi connectivity index (χ2v) is 10.2. The van der Waals surface area contributed by atoms with E-state index >= 15 is 0 Å². The van der Waals surface area contributed by atoms with Gasteiger partial charge < -0.3 is 10.2 Å². The fraction of sp³-hybridized carbons (Fsp3) is 0.364. The van der Waals surface area contributed by atoms with Crippen molar-refractivity contribution >= 4 is 27.5 Å². The van der Waals surface area contributed by atoms with Crippen molar-refractivity contribution in [3.8, 4) is 0 Å². The number of nitrogens with zero attached hydrogens (tertiary/aromatic N) is 2. The summed E-state index contributed by atoms with van der Waals surface area (Å²) in [5, 5.41) is 2.82. The van der Waals surface area contributed by atoms with Gasteiger partial charge in [0, 0.05) is 43.0 Å². The van der Waals surface area contributed by atoms with Crippen LogP contribution in [0, 0.1) is 17.6 Å². The van der Waals surface area contributed by atoms with Crippen LogP contribution in [0.1, 0.15) is 40.0 Å². The van der Waals surface area contributed by atoms with Crippen LogP contribution < -0.4 is 10.2 Å². The van der Waals surface area contributed by atoms with Gasteiger partial charge in [0.1, 0.15) is 4.90 Å². The minimum atomic E-state index is -3.92. The lowest BCUT2D eigenvalue weighted by atomic mass is 10.1. The molecule has 5 rings (SSSR count). The maximum absolute atomic E-state index is 13.5. The molecule has 2 amide bonds. The molecule has 0 bridgehead atoms. The van der Waals surface area contributed by atoms with Crippen molar-refractivity contribution < 1.29 is 26.8 Å². The van der Waals surface area contributed by atoms with Crippen LogP contribution in [-0.4, -0.2) is 50.2 Å². The van der Waals surface area contributed by atoms with E-state index in [9.17, 15) is 26.8 Å². The summed E-state index contributed by atoms with van der Waals surface area (Å²) in [6, 6.07) is 7.62. The number of benzene rings is 2. The van der Waals surface area contributed by atoms with Crippen molar-refractivity contribution in [1.82, 2.24) is 9.62 Å². The minimum Gasteiger partial charge on any atom is -0.371 e. The average molecular weight is 461 g/mol. The lowest BCUT2D eigenvalue weighted by Crippen LogP contribution is -2.32. The number of carbonyl (C=O) groups excluding carboxylic acids is 2. The van der Waals surface area contributed by atoms with Crippen molar-refractivity contribution in [2.75, 3.05) is 24.5 Å². The standard InChI is InChI=1S/C22H21F2N3O4S/c23-18-6-4-16(10-19(18)24)26-8-7-13(12-26)11-25-21(28)14-1-5-17-20(9-14)32(30,31)27(22(17)29)15-2-3-15/h1,4-6,9-10,13,15H,2-3,7-8,11-12H2,(H,25,28). The smallest absolute Gasteiger partial charge is 0.269 e. The first-order valence-electron chi connectivity index (χ1n) is 10.5. The van der Waals surface area contributed by atoms with Crippen molar-refractivity contribution in [3.05, 3.63) is 59.2 Å². The summed E-state index contributed by atoms with van der Waals surface area (Å²) in [5.74, 6) is -2.64. The predicted octanol–water partition coefficient (Wildman–Crippen LogP) is 2.53. The van der Waals surface area contributed by atoms with Gasteiger partial charge in [0.25, 0.3) is 21.8 Å². The topological polar surface area (TPSA) is 86.8 Å². The van der Waals surface area contributed by atoms with E-state index in [0.29, 0.717) is 38.2 Å². The molecule has 2 aromatic rings. The maximum atomic E-state index is 13.5. The first kappa shape index (κ1) is 20.9. The van der Waals surface area contributed by atoms with Crippen molar-refractivity contribution in [1.29, 1.82) is 0 Å². The van der Waals surface area contributed by atoms with E-state index in [1.807, 2.05) is 4.90 Å². The third-order valence-corrected chi connectivity index (χ3v) is 8.07. The molecule has 1 unspecified atom stereocenters. The first-order chi connectivity index (χ1) is 15.3. The number of amides is 2. The lowest BCUT2D eigenvalue weighted by Gasteiger charge is -2.19. The Balaban J connectivity index is 1.24. The second kappa shape index (κ2) is 7.54. The van der Waals surface area contributed by atoms with Crippen LogP contribution in [0.2, 0.25) is 0 Å². The lowest BCUT2D eigenvalue weighted by molar-refractivity contribution is 0.0863. The molecule has 7 nitrogen and oxygen atoms in total. The van der Waals surface area contributed by atoms with E-state index < -0.39 is 33.5 Å². The van der Waals surface area contributed by atoms with Gasteiger partial charge in [-0.15, -0.1) is 0 Å². The van der Waals surface area contributed by atoms with Gasteiger partial charge in [-0.25, -0.2) is 21.5 Å². The highest BCUT2D eigenvalue weighted by atomic mass is 32.2. The van der Waals surface area contributed by atoms with Crippen molar-refractivity contribution in [2.24, 2.45) is 5.92 Å². The highest BCUT2D eigenvalue weighted by molar-refractivity contribution is 7.90. The summed E-state index contributed by atoms with van der Waals surface area (Å²) in [5.41, 5.74) is 0.867. The number of anilines is 1. The van der Waals surface area contributed by atoms with E-state index in [0.717, 1.165) is 22.9 Å². The van der Waals surface area contributed by atoms with Gasteiger partial charge in [-0.05, 0) is 55.5 Å². The fourth-order valence-corrected chi connectivity index (χ4v) is 6.15. The number of fused-ring (bicyclic) bond motifs is 1. The first-order valence-corrected chi connectivity index (χ1v) is 11.9. The number of hydrogen-bond donors (Lipinski definition) is 1. The molecule has 1 N–H and O–H groups in total. The minimum absolute atomic E-state index is 0.103. The van der Waals surface area contributed by atoms with E-state index in [2.05, 4.69) is 5.32 Å². The van der Waals surface area contributed by atoms with E-state index in [4.69, 9.17) is 0 Å². The number of carbonyl (C=O) groups is 2. The summed E-state index contributed by atoms with van der Waals surface area (Å²) < 4.78 is 53.1. The molecule has 2 aromatic carbocycles. The fourth-order valence-electron chi connectivity index (χ4n) is 4.31. The number of nitrogens with one attached hydrogen (secondary N) is 1. The third kappa shape index (κ3) is 3.52. The van der Waals surface area contributed by atoms with Gasteiger partial charge in [-0.3, -0.25) is 9.59 Å². The zero-order valence-corrected chi connectivity index (χ0v) is 17.9. The highest BCUT2D eigenvalue weighted by Crippen LogP contribution is 2.39. The molecular weight excluding hydrogens is 440 g/mol. The molecule has 0 spiro atoms. The Morgan fingerprint density at radius 3 is 2.56 bits per heavy atom. The Bertz CT molecular complexity index is 1230. The average Bonchev–Trinajstić information content (AvgIpc) is 3.43. The van der Waals surface area contributed by atoms with Gasteiger partial charge >= 0.3 is 0 Å². The van der Waals surface area contributed by atoms with Gasteiger partial charge in [0.2, 0.25) is 0 Å². The van der Waals surface area contributed by atoms with E-state index in [-0.39, 0.29) is 28.0 Å². The Morgan fingerprint density at radius 2 is 1.84 bits per heavy atom. The molecule has 2 fully saturated rings. The normalized spacial score (nSPS) is 21.7. The molecular formula is C22H21F2N3O4S. The molecule has 1 atom stereocenters. The van der Waals surface area contributed by atoms with Crippen LogP contribution >= 0.6 is 0 Å². The van der Waals surface area contributed by atoms with Gasteiger partial charge in [-0.2, -0.15) is 0 Å². The number of rotatable bonds is 5. The van der Waals surface area contributed by atoms with Gasteiger partial charge in [-0.1, -0.05) is 0 Å². The summed E-state index contributed by atoms with van der Waals surface area (Å²) in [4.78, 5) is 26.9. The molecule has 1 saturated carbocycles. The third-order valence-electron chi connectivity index (χ3n) is 6.20. The number of hydrogen-bond acceptors (Lipinski definition) is 5. The van der Waals surface area contributed by atoms with Crippen LogP contribution in [0.4, 0.5) is 14.5 Å². The second-order valence-electron chi connectivity index (χ2n) is 8.46. The number of sulfonamides is 1. The van der Waals surface area contributed by atoms with Crippen LogP contribution in [0.3, 0.4) is 0 Å². The van der Waals surface area contributed by atoms with Gasteiger partial charge in [0.05, 0.1) is 5.56 Å². The molecule has 1 saturated heterocycles. The molecule has 1 aliphatic carbocycles. The molecule has 2 heterocycles. The SMILES string of the molecule is O=C(NCC1CCN(c2ccc(F)c(F)c2)C1)c1ccc2c(c1)S(=O)(=O)N(C1CC1)C2=O. The molecule has 0 aromatic heterocycles. The van der Waals surface area contributed by atoms with E-state index in [1.54, 1.807) is 0 Å². The summed E-state index contributed by atoms with van der Waals surface area (Å²) in [7, 11) is -3.92. The Labute approximate surface area is 184 Å². The van der Waals surface area contributed by atoms with Crippen LogP contribution in [-0.2, 0) is 10.0 Å². The quantitative estimate of drug-likeness (QED) is 0.740. The van der Waals surface area contributed by atoms with Crippen molar-refractivity contribution in [2.45, 2.75) is 30.2 Å². The molecule has 10 heteroatoms. The summed E-state index contributed by atoms with van der Waals surface area (Å²) >= 11 is 0. The summed E-state index contributed by atoms with van der Waals surface area (Å²) in [6.07, 6.45) is 2.09. The Morgan fingerprint density at radius 1 is 1.06 bits per heavy atom. The van der Waals surface area contributed by atoms with Crippen LogP contribution in [0.15, 0.2) is 41.3 Å². The number of halogens is 2. The summed E-state index contributed by atoms with van der Waals surface area (Å²) in [6.45, 7) is 1.59. The van der Waals surface area contributed by atoms with Crippen LogP contribution in [0.25, 0.3) is 0 Å². The molecule has 2 aliphatic heterocycles. The van der Waals surface area contributed by atoms with Crippen LogP contribution in [0.5, 0.6) is 0 Å². The molecule has 0 radical (unpaired) electrons. The van der Waals surface area contributed by atoms with Gasteiger partial charge in [0.15, 0.2) is 11.6 Å². The Hall–Kier alpha value is -3.01. The maximum Gasteiger partial charge on any atom is 0.269 e. The molecule has 32 heavy (non-hydrogen) atoms. The molecule has 3 aliphatic rings. The molecule has 168 valence electrons. The van der Waals surface area contributed by atoms with Crippen molar-refractivity contribution in [3.63, 3.8) is 0 Å².